The van der Waals surface area contributed by atoms with Crippen LogP contribution >= 0.6 is 11.8 Å². The molecular weight excluding hydrogens is 332 g/mol. The lowest BCUT2D eigenvalue weighted by Crippen LogP contribution is -2.20. The van der Waals surface area contributed by atoms with Gasteiger partial charge in [-0.1, -0.05) is 42.5 Å². The van der Waals surface area contributed by atoms with E-state index in [9.17, 15) is 9.59 Å². The molecule has 0 saturated carbocycles. The van der Waals surface area contributed by atoms with E-state index in [1.54, 1.807) is 0 Å². The second kappa shape index (κ2) is 5.93. The Morgan fingerprint density at radius 3 is 2.60 bits per heavy atom. The third kappa shape index (κ3) is 2.66. The van der Waals surface area contributed by atoms with E-state index in [1.807, 2.05) is 30.5 Å². The summed E-state index contributed by atoms with van der Waals surface area (Å²) in [5.74, 6) is 0. The summed E-state index contributed by atoms with van der Waals surface area (Å²) in [6.45, 7) is 6.59. The molecular formula is C20H16N2O2S. The van der Waals surface area contributed by atoms with Crippen LogP contribution in [-0.2, 0) is 11.3 Å². The number of hydrogen-bond acceptors (Lipinski definition) is 3. The van der Waals surface area contributed by atoms with Gasteiger partial charge in [-0.05, 0) is 30.7 Å². The summed E-state index contributed by atoms with van der Waals surface area (Å²) in [6, 6.07) is 16.1. The Balaban J connectivity index is 1.77. The number of aryl methyl sites for hydroxylation is 1. The summed E-state index contributed by atoms with van der Waals surface area (Å²) in [5.41, 5.74) is 4.38. The van der Waals surface area contributed by atoms with E-state index in [2.05, 4.69) is 42.3 Å². The third-order valence-corrected chi connectivity index (χ3v) is 5.11. The van der Waals surface area contributed by atoms with Crippen molar-refractivity contribution >= 4 is 38.7 Å². The largest absolute Gasteiger partial charge is 0.343 e. The molecule has 3 aromatic rings. The zero-order valence-electron chi connectivity index (χ0n) is 13.7. The van der Waals surface area contributed by atoms with Gasteiger partial charge in [0.15, 0.2) is 0 Å². The number of thioether (sulfide) groups is 1. The summed E-state index contributed by atoms with van der Waals surface area (Å²) in [5, 5.41) is 0.343. The second-order valence-corrected chi connectivity index (χ2v) is 7.00. The van der Waals surface area contributed by atoms with Gasteiger partial charge in [0.25, 0.3) is 5.24 Å². The Hall–Kier alpha value is -2.79. The van der Waals surface area contributed by atoms with Crippen LogP contribution in [0.5, 0.6) is 0 Å². The van der Waals surface area contributed by atoms with Crippen LogP contribution in [0.1, 0.15) is 11.1 Å². The second-order valence-electron chi connectivity index (χ2n) is 6.08. The van der Waals surface area contributed by atoms with Crippen molar-refractivity contribution in [3.63, 3.8) is 0 Å². The molecule has 1 aliphatic rings. The van der Waals surface area contributed by atoms with E-state index in [0.29, 0.717) is 17.4 Å². The molecule has 1 saturated heterocycles. The van der Waals surface area contributed by atoms with Crippen LogP contribution in [0.15, 0.2) is 67.0 Å². The van der Waals surface area contributed by atoms with E-state index < -0.39 is 0 Å². The Morgan fingerprint density at radius 2 is 1.88 bits per heavy atom. The Morgan fingerprint density at radius 1 is 1.08 bits per heavy atom. The highest BCUT2D eigenvalue weighted by molar-refractivity contribution is 8.27. The van der Waals surface area contributed by atoms with Crippen molar-refractivity contribution in [3.05, 3.63) is 78.1 Å². The molecule has 0 unspecified atom stereocenters. The maximum absolute atomic E-state index is 12.2. The minimum Gasteiger partial charge on any atom is -0.343 e. The minimum atomic E-state index is -0.297. The molecule has 25 heavy (non-hydrogen) atoms. The van der Waals surface area contributed by atoms with Crippen molar-refractivity contribution in [2.45, 2.75) is 13.5 Å². The molecule has 0 aliphatic carbocycles. The summed E-state index contributed by atoms with van der Waals surface area (Å²) >= 11 is 0.693. The van der Waals surface area contributed by atoms with Crippen LogP contribution < -0.4 is 4.90 Å². The molecule has 5 heteroatoms. The molecule has 124 valence electrons. The fourth-order valence-electron chi connectivity index (χ4n) is 3.18. The first kappa shape index (κ1) is 15.7. The van der Waals surface area contributed by atoms with Crippen LogP contribution in [-0.4, -0.2) is 14.9 Å². The van der Waals surface area contributed by atoms with Crippen molar-refractivity contribution in [2.75, 3.05) is 4.90 Å². The summed E-state index contributed by atoms with van der Waals surface area (Å²) in [4.78, 5) is 25.4. The number of benzene rings is 2. The highest BCUT2D eigenvalue weighted by Crippen LogP contribution is 2.37. The lowest BCUT2D eigenvalue weighted by Gasteiger charge is -2.16. The number of fused-ring (bicyclic) bond motifs is 1. The van der Waals surface area contributed by atoms with Crippen LogP contribution in [0.25, 0.3) is 10.9 Å². The van der Waals surface area contributed by atoms with Gasteiger partial charge in [-0.3, -0.25) is 14.5 Å². The van der Waals surface area contributed by atoms with Gasteiger partial charge in [-0.25, -0.2) is 0 Å². The van der Waals surface area contributed by atoms with Gasteiger partial charge in [0.05, 0.1) is 16.9 Å². The maximum Gasteiger partial charge on any atom is 0.298 e. The van der Waals surface area contributed by atoms with Gasteiger partial charge >= 0.3 is 0 Å². The predicted octanol–water partition coefficient (Wildman–Crippen LogP) is 4.71. The number of carbonyl (C=O) groups excluding carboxylic acids is 2. The van der Waals surface area contributed by atoms with E-state index in [-0.39, 0.29) is 16.1 Å². The van der Waals surface area contributed by atoms with E-state index in [0.717, 1.165) is 17.4 Å². The monoisotopic (exact) mass is 348 g/mol. The number of aromatic nitrogens is 1. The predicted molar refractivity (Wildman–Crippen MR) is 102 cm³/mol. The fourth-order valence-corrected chi connectivity index (χ4v) is 3.84. The molecule has 4 rings (SSSR count). The molecule has 0 N–H and O–H groups in total. The number of anilines is 1. The first-order valence-corrected chi connectivity index (χ1v) is 8.75. The third-order valence-electron chi connectivity index (χ3n) is 4.34. The van der Waals surface area contributed by atoms with Crippen molar-refractivity contribution in [2.24, 2.45) is 0 Å². The zero-order chi connectivity index (χ0) is 17.6. The fraction of sp³-hybridized carbons (Fsp3) is 0.100. The van der Waals surface area contributed by atoms with Crippen LogP contribution in [0.3, 0.4) is 0 Å². The number of amides is 1. The smallest absolute Gasteiger partial charge is 0.298 e. The molecule has 1 amide bonds. The summed E-state index contributed by atoms with van der Waals surface area (Å²) in [6.07, 6.45) is 2.01. The maximum atomic E-state index is 12.2. The highest BCUT2D eigenvalue weighted by Gasteiger charge is 2.35. The molecule has 1 fully saturated rings. The van der Waals surface area contributed by atoms with Gasteiger partial charge < -0.3 is 4.57 Å². The van der Waals surface area contributed by atoms with E-state index >= 15 is 0 Å². The van der Waals surface area contributed by atoms with Crippen molar-refractivity contribution < 1.29 is 9.59 Å². The molecule has 0 bridgehead atoms. The van der Waals surface area contributed by atoms with Gasteiger partial charge in [-0.2, -0.15) is 0 Å². The molecule has 1 aliphatic heterocycles. The average Bonchev–Trinajstić information content (AvgIpc) is 3.09. The molecule has 0 atom stereocenters. The molecule has 1 aromatic heterocycles. The summed E-state index contributed by atoms with van der Waals surface area (Å²) < 4.78 is 2.14. The normalized spacial score (nSPS) is 14.8. The molecule has 4 nitrogen and oxygen atoms in total. The lowest BCUT2D eigenvalue weighted by molar-refractivity contribution is -0.107. The topological polar surface area (TPSA) is 42.3 Å². The van der Waals surface area contributed by atoms with E-state index in [1.165, 1.54) is 16.0 Å². The number of hydrogen-bond donors (Lipinski definition) is 0. The first-order valence-electron chi connectivity index (χ1n) is 7.93. The van der Waals surface area contributed by atoms with Gasteiger partial charge in [0.2, 0.25) is 5.12 Å². The average molecular weight is 348 g/mol. The number of nitrogens with zero attached hydrogens (tertiary/aromatic N) is 2. The van der Waals surface area contributed by atoms with Crippen molar-refractivity contribution in [1.29, 1.82) is 0 Å². The number of rotatable bonds is 3. The van der Waals surface area contributed by atoms with Crippen LogP contribution in [0, 0.1) is 6.92 Å². The van der Waals surface area contributed by atoms with Crippen molar-refractivity contribution in [1.82, 2.24) is 4.57 Å². The van der Waals surface area contributed by atoms with Crippen LogP contribution in [0.4, 0.5) is 10.5 Å². The highest BCUT2D eigenvalue weighted by atomic mass is 32.2. The molecule has 0 radical (unpaired) electrons. The van der Waals surface area contributed by atoms with Crippen molar-refractivity contribution in [3.8, 4) is 0 Å². The van der Waals surface area contributed by atoms with E-state index in [4.69, 9.17) is 0 Å². The molecule has 2 heterocycles. The number of carbonyl (C=O) groups is 2. The van der Waals surface area contributed by atoms with Gasteiger partial charge in [-0.15, -0.1) is 0 Å². The van der Waals surface area contributed by atoms with Gasteiger partial charge in [0, 0.05) is 29.9 Å². The first-order chi connectivity index (χ1) is 12.0. The molecule has 0 spiro atoms. The van der Waals surface area contributed by atoms with Crippen LogP contribution in [0.2, 0.25) is 0 Å². The standard InChI is InChI=1S/C20H16N2O2S/c1-13-5-3-6-15(11-13)12-21-10-9-16-17(21)7-4-8-18(16)22-14(2)19(23)25-20(22)24/h3-11H,2,12H2,1H3. The van der Waals surface area contributed by atoms with Gasteiger partial charge in [0.1, 0.15) is 0 Å². The summed E-state index contributed by atoms with van der Waals surface area (Å²) in [7, 11) is 0. The lowest BCUT2D eigenvalue weighted by atomic mass is 10.1. The Labute approximate surface area is 149 Å². The minimum absolute atomic E-state index is 0.217. The quantitative estimate of drug-likeness (QED) is 0.644. The molecule has 2 aromatic carbocycles. The Bertz CT molecular complexity index is 1040. The Kier molecular flexibility index (Phi) is 3.73. The SMILES string of the molecule is C=C1C(=O)SC(=O)N1c1cccc2c1ccn2Cc1cccc(C)c1. The zero-order valence-corrected chi connectivity index (χ0v) is 14.5.